The van der Waals surface area contributed by atoms with Gasteiger partial charge >= 0.3 is 0 Å². The number of hydrogen-bond acceptors (Lipinski definition) is 3. The van der Waals surface area contributed by atoms with Gasteiger partial charge in [0, 0.05) is 18.2 Å². The Balaban J connectivity index is 1.53. The van der Waals surface area contributed by atoms with Gasteiger partial charge in [-0.25, -0.2) is 0 Å². The van der Waals surface area contributed by atoms with Gasteiger partial charge in [0.2, 0.25) is 6.10 Å². The molecule has 0 bridgehead atoms. The number of carbonyl (C=O) groups excluding carboxylic acids is 2. The van der Waals surface area contributed by atoms with Crippen LogP contribution in [0.25, 0.3) is 0 Å². The van der Waals surface area contributed by atoms with Gasteiger partial charge in [0.15, 0.2) is 0 Å². The average molecular weight is 400 g/mol. The van der Waals surface area contributed by atoms with Gasteiger partial charge in [-0.1, -0.05) is 72.8 Å². The van der Waals surface area contributed by atoms with Crippen LogP contribution in [0.2, 0.25) is 0 Å². The highest BCUT2D eigenvalue weighted by Gasteiger charge is 2.30. The molecule has 3 aromatic carbocycles. The smallest absolute Gasteiger partial charge is 0.266 e. The monoisotopic (exact) mass is 400 g/mol. The van der Waals surface area contributed by atoms with Crippen LogP contribution in [0.3, 0.4) is 0 Å². The average Bonchev–Trinajstić information content (AvgIpc) is 3.61. The molecule has 0 aliphatic heterocycles. The van der Waals surface area contributed by atoms with Crippen LogP contribution in [-0.2, 0) is 11.3 Å². The van der Waals surface area contributed by atoms with Crippen molar-refractivity contribution < 1.29 is 14.3 Å². The topological polar surface area (TPSA) is 67.4 Å². The molecule has 4 rings (SSSR count). The number of amides is 2. The lowest BCUT2D eigenvalue weighted by Gasteiger charge is -2.21. The van der Waals surface area contributed by atoms with Crippen molar-refractivity contribution >= 4 is 11.8 Å². The Labute approximate surface area is 176 Å². The first-order valence-electron chi connectivity index (χ1n) is 10.1. The second-order valence-electron chi connectivity index (χ2n) is 7.36. The first-order chi connectivity index (χ1) is 14.7. The molecule has 1 unspecified atom stereocenters. The SMILES string of the molecule is O=C(NCc1ccccc1)c1ccccc1OC(C(=O)NC1CC1)c1ccccc1. The third-order valence-corrected chi connectivity index (χ3v) is 4.94. The summed E-state index contributed by atoms with van der Waals surface area (Å²) in [6.45, 7) is 0.415. The van der Waals surface area contributed by atoms with E-state index in [1.807, 2.05) is 60.7 Å². The molecule has 1 atom stereocenters. The minimum absolute atomic E-state index is 0.191. The van der Waals surface area contributed by atoms with E-state index in [1.165, 1.54) is 0 Å². The highest BCUT2D eigenvalue weighted by molar-refractivity contribution is 5.97. The van der Waals surface area contributed by atoms with Gasteiger partial charge < -0.3 is 15.4 Å². The Morgan fingerprint density at radius 1 is 0.867 bits per heavy atom. The molecule has 1 fully saturated rings. The van der Waals surface area contributed by atoms with Gasteiger partial charge in [0.05, 0.1) is 5.56 Å². The van der Waals surface area contributed by atoms with Crippen LogP contribution < -0.4 is 15.4 Å². The van der Waals surface area contributed by atoms with Crippen molar-refractivity contribution in [3.05, 3.63) is 102 Å². The molecule has 0 saturated heterocycles. The summed E-state index contributed by atoms with van der Waals surface area (Å²) in [5.41, 5.74) is 2.15. The summed E-state index contributed by atoms with van der Waals surface area (Å²) in [4.78, 5) is 25.7. The summed E-state index contributed by atoms with van der Waals surface area (Å²) in [5, 5.41) is 5.92. The number of hydrogen-bond donors (Lipinski definition) is 2. The van der Waals surface area contributed by atoms with Gasteiger partial charge in [-0.2, -0.15) is 0 Å². The van der Waals surface area contributed by atoms with E-state index in [9.17, 15) is 9.59 Å². The lowest BCUT2D eigenvalue weighted by atomic mass is 10.1. The highest BCUT2D eigenvalue weighted by atomic mass is 16.5. The normalized spacial score (nSPS) is 13.9. The fourth-order valence-corrected chi connectivity index (χ4v) is 3.16. The van der Waals surface area contributed by atoms with Gasteiger partial charge in [0.25, 0.3) is 11.8 Å². The van der Waals surface area contributed by atoms with E-state index in [2.05, 4.69) is 10.6 Å². The Hall–Kier alpha value is -3.60. The summed E-state index contributed by atoms with van der Waals surface area (Å²) >= 11 is 0. The van der Waals surface area contributed by atoms with Gasteiger partial charge in [-0.05, 0) is 30.5 Å². The Bertz CT molecular complexity index is 1000. The lowest BCUT2D eigenvalue weighted by molar-refractivity contribution is -0.128. The molecule has 30 heavy (non-hydrogen) atoms. The fourth-order valence-electron chi connectivity index (χ4n) is 3.16. The maximum absolute atomic E-state index is 12.9. The summed E-state index contributed by atoms with van der Waals surface area (Å²) in [6.07, 6.45) is 1.16. The zero-order valence-electron chi connectivity index (χ0n) is 16.6. The quantitative estimate of drug-likeness (QED) is 0.600. The number of para-hydroxylation sites is 1. The van der Waals surface area contributed by atoms with Crippen LogP contribution in [0.1, 0.15) is 40.4 Å². The second-order valence-corrected chi connectivity index (χ2v) is 7.36. The molecule has 5 heteroatoms. The van der Waals surface area contributed by atoms with E-state index in [1.54, 1.807) is 24.3 Å². The van der Waals surface area contributed by atoms with Crippen molar-refractivity contribution in [3.63, 3.8) is 0 Å². The van der Waals surface area contributed by atoms with Crippen molar-refractivity contribution in [3.8, 4) is 5.75 Å². The molecule has 1 saturated carbocycles. The molecule has 2 N–H and O–H groups in total. The molecule has 5 nitrogen and oxygen atoms in total. The summed E-state index contributed by atoms with van der Waals surface area (Å²) in [5.74, 6) is -0.0603. The Morgan fingerprint density at radius 2 is 1.50 bits per heavy atom. The van der Waals surface area contributed by atoms with E-state index in [4.69, 9.17) is 4.74 Å². The summed E-state index contributed by atoms with van der Waals surface area (Å²) in [7, 11) is 0. The molecule has 0 spiro atoms. The van der Waals surface area contributed by atoms with Crippen molar-refractivity contribution in [2.45, 2.75) is 31.5 Å². The molecule has 0 radical (unpaired) electrons. The van der Waals surface area contributed by atoms with Crippen molar-refractivity contribution in [2.24, 2.45) is 0 Å². The van der Waals surface area contributed by atoms with Crippen LogP contribution in [-0.4, -0.2) is 17.9 Å². The first kappa shape index (κ1) is 19.7. The van der Waals surface area contributed by atoms with Gasteiger partial charge in [-0.3, -0.25) is 9.59 Å². The van der Waals surface area contributed by atoms with Crippen LogP contribution in [0.5, 0.6) is 5.75 Å². The van der Waals surface area contributed by atoms with E-state index >= 15 is 0 Å². The lowest BCUT2D eigenvalue weighted by Crippen LogP contribution is -2.34. The molecular weight excluding hydrogens is 376 g/mol. The maximum Gasteiger partial charge on any atom is 0.266 e. The molecule has 1 aliphatic carbocycles. The molecular formula is C25H24N2O3. The molecule has 3 aromatic rings. The van der Waals surface area contributed by atoms with E-state index in [0.29, 0.717) is 17.9 Å². The molecule has 1 aliphatic rings. The van der Waals surface area contributed by atoms with E-state index in [0.717, 1.165) is 24.0 Å². The van der Waals surface area contributed by atoms with Crippen LogP contribution in [0.4, 0.5) is 0 Å². The number of benzene rings is 3. The predicted octanol–water partition coefficient (Wildman–Crippen LogP) is 4.02. The van der Waals surface area contributed by atoms with Crippen LogP contribution in [0, 0.1) is 0 Å². The molecule has 0 aromatic heterocycles. The van der Waals surface area contributed by atoms with Crippen LogP contribution >= 0.6 is 0 Å². The zero-order chi connectivity index (χ0) is 20.8. The zero-order valence-corrected chi connectivity index (χ0v) is 16.6. The summed E-state index contributed by atoms with van der Waals surface area (Å²) < 4.78 is 6.12. The fraction of sp³-hybridized carbons (Fsp3) is 0.200. The van der Waals surface area contributed by atoms with Gasteiger partial charge in [0.1, 0.15) is 5.75 Å². The van der Waals surface area contributed by atoms with Gasteiger partial charge in [-0.15, -0.1) is 0 Å². The minimum Gasteiger partial charge on any atom is -0.475 e. The Kier molecular flexibility index (Phi) is 6.09. The van der Waals surface area contributed by atoms with Crippen molar-refractivity contribution in [2.75, 3.05) is 0 Å². The third kappa shape index (κ3) is 5.06. The first-order valence-corrected chi connectivity index (χ1v) is 10.1. The minimum atomic E-state index is -0.824. The maximum atomic E-state index is 12.9. The Morgan fingerprint density at radius 3 is 2.20 bits per heavy atom. The number of carbonyl (C=O) groups is 2. The number of nitrogens with one attached hydrogen (secondary N) is 2. The number of ether oxygens (including phenoxy) is 1. The summed E-state index contributed by atoms with van der Waals surface area (Å²) in [6, 6.07) is 26.3. The molecule has 2 amide bonds. The molecule has 152 valence electrons. The van der Waals surface area contributed by atoms with Crippen LogP contribution in [0.15, 0.2) is 84.9 Å². The second kappa shape index (κ2) is 9.27. The standard InChI is InChI=1S/C25H24N2O3/c28-24(26-17-18-9-3-1-4-10-18)21-13-7-8-14-22(21)30-23(19-11-5-2-6-12-19)25(29)27-20-15-16-20/h1-14,20,23H,15-17H2,(H,26,28)(H,27,29). The number of rotatable bonds is 8. The largest absolute Gasteiger partial charge is 0.475 e. The van der Waals surface area contributed by atoms with Crippen molar-refractivity contribution in [1.82, 2.24) is 10.6 Å². The predicted molar refractivity (Wildman–Crippen MR) is 115 cm³/mol. The third-order valence-electron chi connectivity index (χ3n) is 4.94. The molecule has 0 heterocycles. The van der Waals surface area contributed by atoms with E-state index < -0.39 is 6.10 Å². The highest BCUT2D eigenvalue weighted by Crippen LogP contribution is 2.27. The van der Waals surface area contributed by atoms with Crippen molar-refractivity contribution in [1.29, 1.82) is 0 Å². The van der Waals surface area contributed by atoms with E-state index in [-0.39, 0.29) is 17.9 Å².